The average molecular weight is 527 g/mol. The van der Waals surface area contributed by atoms with Crippen LogP contribution in [0.2, 0.25) is 0 Å². The molecule has 0 aliphatic carbocycles. The lowest BCUT2D eigenvalue weighted by Crippen LogP contribution is -2.24. The van der Waals surface area contributed by atoms with Crippen LogP contribution >= 0.6 is 15.9 Å². The maximum atomic E-state index is 12.7. The van der Waals surface area contributed by atoms with Gasteiger partial charge < -0.3 is 18.9 Å². The van der Waals surface area contributed by atoms with Crippen molar-refractivity contribution in [1.29, 1.82) is 0 Å². The molecule has 0 fully saturated rings. The zero-order chi connectivity index (χ0) is 24.5. The molecule has 0 spiro atoms. The first-order valence-electron chi connectivity index (χ1n) is 10.1. The molecular formula is C25H23BrN2O6. The van der Waals surface area contributed by atoms with E-state index in [2.05, 4.69) is 26.5 Å². The number of ether oxygens (including phenoxy) is 4. The number of nitrogens with one attached hydrogen (secondary N) is 1. The Bertz CT molecular complexity index is 1210. The summed E-state index contributed by atoms with van der Waals surface area (Å²) in [5.74, 6) is 0.736. The maximum Gasteiger partial charge on any atom is 0.343 e. The molecule has 0 radical (unpaired) electrons. The summed E-state index contributed by atoms with van der Waals surface area (Å²) in [4.78, 5) is 24.7. The second-order valence-corrected chi connectivity index (χ2v) is 7.96. The highest BCUT2D eigenvalue weighted by molar-refractivity contribution is 9.10. The van der Waals surface area contributed by atoms with Gasteiger partial charge in [-0.1, -0.05) is 28.1 Å². The van der Waals surface area contributed by atoms with Crippen molar-refractivity contribution in [3.63, 3.8) is 0 Å². The monoisotopic (exact) mass is 526 g/mol. The highest BCUT2D eigenvalue weighted by atomic mass is 79.9. The Morgan fingerprint density at radius 3 is 2.47 bits per heavy atom. The van der Waals surface area contributed by atoms with Gasteiger partial charge in [0.15, 0.2) is 18.1 Å². The third-order valence-electron chi connectivity index (χ3n) is 4.55. The molecule has 1 amide bonds. The van der Waals surface area contributed by atoms with Crippen LogP contribution in [-0.4, -0.2) is 38.9 Å². The number of aryl methyl sites for hydroxylation is 1. The number of esters is 1. The summed E-state index contributed by atoms with van der Waals surface area (Å²) in [5.41, 5.74) is 4.18. The van der Waals surface area contributed by atoms with Crippen molar-refractivity contribution in [3.8, 4) is 23.0 Å². The van der Waals surface area contributed by atoms with E-state index in [9.17, 15) is 9.59 Å². The third-order valence-corrected chi connectivity index (χ3v) is 5.04. The second kappa shape index (κ2) is 11.9. The number of hydrogen-bond acceptors (Lipinski definition) is 7. The normalized spacial score (nSPS) is 10.6. The van der Waals surface area contributed by atoms with Gasteiger partial charge in [0.1, 0.15) is 11.5 Å². The number of hydrazone groups is 1. The lowest BCUT2D eigenvalue weighted by molar-refractivity contribution is -0.123. The molecule has 3 aromatic carbocycles. The summed E-state index contributed by atoms with van der Waals surface area (Å²) in [6.07, 6.45) is 1.38. The molecule has 0 unspecified atom stereocenters. The molecule has 8 nitrogen and oxygen atoms in total. The zero-order valence-electron chi connectivity index (χ0n) is 18.8. The van der Waals surface area contributed by atoms with Gasteiger partial charge in [0, 0.05) is 10.0 Å². The zero-order valence-corrected chi connectivity index (χ0v) is 20.4. The Kier molecular flexibility index (Phi) is 8.64. The predicted octanol–water partition coefficient (Wildman–Crippen LogP) is 4.52. The maximum absolute atomic E-state index is 12.7. The second-order valence-electron chi connectivity index (χ2n) is 7.04. The topological polar surface area (TPSA) is 95.5 Å². The predicted molar refractivity (Wildman–Crippen MR) is 131 cm³/mol. The number of benzene rings is 3. The molecule has 0 bridgehead atoms. The minimum absolute atomic E-state index is 0.194. The van der Waals surface area contributed by atoms with E-state index >= 15 is 0 Å². The van der Waals surface area contributed by atoms with Crippen LogP contribution in [0.25, 0.3) is 0 Å². The highest BCUT2D eigenvalue weighted by Gasteiger charge is 2.15. The van der Waals surface area contributed by atoms with Crippen LogP contribution in [-0.2, 0) is 4.79 Å². The molecule has 0 aromatic heterocycles. The third kappa shape index (κ3) is 6.82. The van der Waals surface area contributed by atoms with E-state index in [0.29, 0.717) is 22.8 Å². The van der Waals surface area contributed by atoms with Crippen LogP contribution in [0.15, 0.2) is 70.2 Å². The molecular weight excluding hydrogens is 504 g/mol. The van der Waals surface area contributed by atoms with Crippen molar-refractivity contribution in [2.24, 2.45) is 5.10 Å². The number of carbonyl (C=O) groups is 2. The van der Waals surface area contributed by atoms with E-state index in [1.165, 1.54) is 26.5 Å². The van der Waals surface area contributed by atoms with E-state index in [-0.39, 0.29) is 17.9 Å². The molecule has 3 rings (SSSR count). The van der Waals surface area contributed by atoms with Gasteiger partial charge in [-0.25, -0.2) is 10.2 Å². The Balaban J connectivity index is 1.65. The van der Waals surface area contributed by atoms with Crippen LogP contribution in [0, 0.1) is 6.92 Å². The van der Waals surface area contributed by atoms with Crippen LogP contribution < -0.4 is 24.4 Å². The highest BCUT2D eigenvalue weighted by Crippen LogP contribution is 2.29. The molecule has 0 aliphatic rings. The van der Waals surface area contributed by atoms with E-state index in [0.717, 1.165) is 10.0 Å². The first-order chi connectivity index (χ1) is 16.4. The number of carbonyl (C=O) groups excluding carboxylic acids is 2. The summed E-state index contributed by atoms with van der Waals surface area (Å²) in [7, 11) is 2.99. The number of hydrogen-bond donors (Lipinski definition) is 1. The number of halogens is 1. The SMILES string of the molecule is COc1ccc(C(=O)Oc2ccc(Br)cc2/C=N\NC(=O)COc2cccc(C)c2)cc1OC. The molecule has 0 heterocycles. The summed E-state index contributed by atoms with van der Waals surface area (Å²) < 4.78 is 22.2. The molecule has 176 valence electrons. The van der Waals surface area contributed by atoms with E-state index in [4.69, 9.17) is 18.9 Å². The van der Waals surface area contributed by atoms with Gasteiger partial charge in [0.25, 0.3) is 5.91 Å². The standard InChI is InChI=1S/C25H23BrN2O6/c1-16-5-4-6-20(11-16)33-15-24(29)28-27-14-18-12-19(26)8-10-21(18)34-25(30)17-7-9-22(31-2)23(13-17)32-3/h4-14H,15H2,1-3H3,(H,28,29)/b27-14-. The Morgan fingerprint density at radius 2 is 1.74 bits per heavy atom. The quantitative estimate of drug-likeness (QED) is 0.190. The van der Waals surface area contributed by atoms with Gasteiger partial charge in [-0.05, 0) is 61.0 Å². The van der Waals surface area contributed by atoms with E-state index in [1.807, 2.05) is 25.1 Å². The summed E-state index contributed by atoms with van der Waals surface area (Å²) >= 11 is 3.38. The van der Waals surface area contributed by atoms with Crippen LogP contribution in [0.1, 0.15) is 21.5 Å². The van der Waals surface area contributed by atoms with Crippen molar-refractivity contribution in [2.45, 2.75) is 6.92 Å². The number of rotatable bonds is 9. The van der Waals surface area contributed by atoms with E-state index in [1.54, 1.807) is 36.4 Å². The van der Waals surface area contributed by atoms with Gasteiger partial charge in [0.2, 0.25) is 0 Å². The van der Waals surface area contributed by atoms with Gasteiger partial charge >= 0.3 is 5.97 Å². The van der Waals surface area contributed by atoms with Gasteiger partial charge in [-0.2, -0.15) is 5.10 Å². The lowest BCUT2D eigenvalue weighted by atomic mass is 10.2. The molecule has 0 atom stereocenters. The lowest BCUT2D eigenvalue weighted by Gasteiger charge is -2.11. The number of amides is 1. The van der Waals surface area contributed by atoms with Gasteiger partial charge in [-0.3, -0.25) is 4.79 Å². The van der Waals surface area contributed by atoms with Gasteiger partial charge in [0.05, 0.1) is 26.0 Å². The largest absolute Gasteiger partial charge is 0.493 e. The Labute approximate surface area is 205 Å². The first-order valence-corrected chi connectivity index (χ1v) is 10.9. The van der Waals surface area contributed by atoms with Crippen LogP contribution in [0.5, 0.6) is 23.0 Å². The molecule has 0 saturated carbocycles. The van der Waals surface area contributed by atoms with Crippen molar-refractivity contribution in [1.82, 2.24) is 5.43 Å². The molecule has 34 heavy (non-hydrogen) atoms. The fourth-order valence-corrected chi connectivity index (χ4v) is 3.27. The minimum Gasteiger partial charge on any atom is -0.493 e. The van der Waals surface area contributed by atoms with Crippen LogP contribution in [0.3, 0.4) is 0 Å². The Hall–Kier alpha value is -3.85. The van der Waals surface area contributed by atoms with Crippen molar-refractivity contribution < 1.29 is 28.5 Å². The summed E-state index contributed by atoms with van der Waals surface area (Å²) in [5, 5.41) is 3.95. The van der Waals surface area contributed by atoms with E-state index < -0.39 is 11.9 Å². The molecule has 0 aliphatic heterocycles. The smallest absolute Gasteiger partial charge is 0.343 e. The van der Waals surface area contributed by atoms with Crippen molar-refractivity contribution in [2.75, 3.05) is 20.8 Å². The summed E-state index contributed by atoms with van der Waals surface area (Å²) in [6, 6.07) is 17.1. The summed E-state index contributed by atoms with van der Waals surface area (Å²) in [6.45, 7) is 1.74. The number of nitrogens with zero attached hydrogens (tertiary/aromatic N) is 1. The Morgan fingerprint density at radius 1 is 0.971 bits per heavy atom. The molecule has 3 aromatic rings. The molecule has 9 heteroatoms. The van der Waals surface area contributed by atoms with Gasteiger partial charge in [-0.15, -0.1) is 0 Å². The van der Waals surface area contributed by atoms with Crippen LogP contribution in [0.4, 0.5) is 0 Å². The van der Waals surface area contributed by atoms with Crippen molar-refractivity contribution in [3.05, 3.63) is 81.8 Å². The minimum atomic E-state index is -0.589. The first kappa shape index (κ1) is 24.8. The average Bonchev–Trinajstić information content (AvgIpc) is 2.83. The fraction of sp³-hybridized carbons (Fsp3) is 0.160. The molecule has 0 saturated heterocycles. The van der Waals surface area contributed by atoms with Crippen molar-refractivity contribution >= 4 is 34.0 Å². The fourth-order valence-electron chi connectivity index (χ4n) is 2.90. The number of methoxy groups -OCH3 is 2. The molecule has 1 N–H and O–H groups in total.